The fourth-order valence-corrected chi connectivity index (χ4v) is 2.39. The van der Waals surface area contributed by atoms with Crippen molar-refractivity contribution in [3.8, 4) is 23.0 Å². The van der Waals surface area contributed by atoms with Gasteiger partial charge in [0.15, 0.2) is 18.1 Å². The summed E-state index contributed by atoms with van der Waals surface area (Å²) in [5.74, 6) is 0.191. The Bertz CT molecular complexity index is 794. The summed E-state index contributed by atoms with van der Waals surface area (Å²) in [5.41, 5.74) is 1.11. The molecule has 0 aliphatic rings. The second kappa shape index (κ2) is 9.33. The number of amides is 1. The summed E-state index contributed by atoms with van der Waals surface area (Å²) in [7, 11) is 4.43. The number of carbonyl (C=O) groups is 2. The summed E-state index contributed by atoms with van der Waals surface area (Å²) in [5, 5.41) is 11.4. The van der Waals surface area contributed by atoms with Gasteiger partial charge >= 0.3 is 5.97 Å². The molecular weight excluding hydrogens is 354 g/mol. The van der Waals surface area contributed by atoms with Gasteiger partial charge in [0.2, 0.25) is 5.75 Å². The lowest BCUT2D eigenvalue weighted by molar-refractivity contribution is -0.139. The van der Waals surface area contributed by atoms with E-state index in [2.05, 4.69) is 5.32 Å². The summed E-state index contributed by atoms with van der Waals surface area (Å²) in [6, 6.07) is 9.94. The van der Waals surface area contributed by atoms with Gasteiger partial charge in [0.05, 0.1) is 21.3 Å². The van der Waals surface area contributed by atoms with E-state index in [9.17, 15) is 9.59 Å². The van der Waals surface area contributed by atoms with E-state index in [1.807, 2.05) is 0 Å². The zero-order valence-electron chi connectivity index (χ0n) is 15.3. The van der Waals surface area contributed by atoms with Crippen LogP contribution in [0.1, 0.15) is 15.9 Å². The lowest BCUT2D eigenvalue weighted by Gasteiger charge is -2.14. The van der Waals surface area contributed by atoms with E-state index in [-0.39, 0.29) is 12.5 Å². The zero-order valence-corrected chi connectivity index (χ0v) is 15.3. The molecule has 2 rings (SSSR count). The number of carbonyl (C=O) groups excluding carboxylic acids is 1. The summed E-state index contributed by atoms with van der Waals surface area (Å²) in [6.45, 7) is -0.193. The van der Waals surface area contributed by atoms with Crippen molar-refractivity contribution in [3.63, 3.8) is 0 Å². The number of carboxylic acid groups (broad SMARTS) is 1. The van der Waals surface area contributed by atoms with E-state index in [0.29, 0.717) is 28.6 Å². The van der Waals surface area contributed by atoms with E-state index in [0.717, 1.165) is 5.56 Å². The Morgan fingerprint density at radius 3 is 2.22 bits per heavy atom. The first kappa shape index (κ1) is 19.9. The predicted octanol–water partition coefficient (Wildman–Crippen LogP) is 2.11. The number of ether oxygens (including phenoxy) is 4. The molecule has 0 fully saturated rings. The molecule has 8 nitrogen and oxygen atoms in total. The first-order valence-corrected chi connectivity index (χ1v) is 8.00. The molecule has 2 N–H and O–H groups in total. The molecule has 144 valence electrons. The van der Waals surface area contributed by atoms with E-state index >= 15 is 0 Å². The highest BCUT2D eigenvalue weighted by Gasteiger charge is 2.16. The number of benzene rings is 2. The third-order valence-electron chi connectivity index (χ3n) is 3.64. The van der Waals surface area contributed by atoms with Gasteiger partial charge in [-0.1, -0.05) is 12.1 Å². The summed E-state index contributed by atoms with van der Waals surface area (Å²) < 4.78 is 20.9. The average Bonchev–Trinajstić information content (AvgIpc) is 2.69. The smallest absolute Gasteiger partial charge is 0.341 e. The van der Waals surface area contributed by atoms with Crippen LogP contribution in [0.2, 0.25) is 0 Å². The number of rotatable bonds is 9. The molecule has 0 unspecified atom stereocenters. The van der Waals surface area contributed by atoms with Crippen LogP contribution in [0.15, 0.2) is 36.4 Å². The van der Waals surface area contributed by atoms with Crippen molar-refractivity contribution in [1.82, 2.24) is 5.32 Å². The quantitative estimate of drug-likeness (QED) is 0.692. The van der Waals surface area contributed by atoms with Gasteiger partial charge in [0, 0.05) is 12.1 Å². The van der Waals surface area contributed by atoms with Gasteiger partial charge in [-0.3, -0.25) is 4.79 Å². The van der Waals surface area contributed by atoms with Gasteiger partial charge in [-0.25, -0.2) is 4.79 Å². The zero-order chi connectivity index (χ0) is 19.8. The van der Waals surface area contributed by atoms with Crippen LogP contribution in [0.5, 0.6) is 23.0 Å². The highest BCUT2D eigenvalue weighted by atomic mass is 16.5. The van der Waals surface area contributed by atoms with Crippen molar-refractivity contribution >= 4 is 11.9 Å². The topological polar surface area (TPSA) is 103 Å². The monoisotopic (exact) mass is 375 g/mol. The van der Waals surface area contributed by atoms with Gasteiger partial charge in [0.1, 0.15) is 5.75 Å². The third-order valence-corrected chi connectivity index (χ3v) is 3.64. The summed E-state index contributed by atoms with van der Waals surface area (Å²) >= 11 is 0. The molecule has 1 amide bonds. The van der Waals surface area contributed by atoms with Crippen molar-refractivity contribution in [2.75, 3.05) is 27.9 Å². The van der Waals surface area contributed by atoms with Crippen molar-refractivity contribution in [2.24, 2.45) is 0 Å². The van der Waals surface area contributed by atoms with Crippen LogP contribution >= 0.6 is 0 Å². The Kier molecular flexibility index (Phi) is 6.87. The molecule has 2 aromatic carbocycles. The van der Waals surface area contributed by atoms with Crippen molar-refractivity contribution in [2.45, 2.75) is 6.54 Å². The van der Waals surface area contributed by atoms with Crippen LogP contribution in [-0.2, 0) is 11.3 Å². The lowest BCUT2D eigenvalue weighted by Crippen LogP contribution is -2.23. The van der Waals surface area contributed by atoms with Crippen LogP contribution in [0, 0.1) is 0 Å². The number of hydrogen-bond acceptors (Lipinski definition) is 6. The Balaban J connectivity index is 2.09. The molecule has 0 aliphatic heterocycles. The molecule has 0 saturated carbocycles. The van der Waals surface area contributed by atoms with Crippen LogP contribution in [0.3, 0.4) is 0 Å². The van der Waals surface area contributed by atoms with Gasteiger partial charge in [-0.15, -0.1) is 0 Å². The summed E-state index contributed by atoms with van der Waals surface area (Å²) in [6.07, 6.45) is 0. The Morgan fingerprint density at radius 2 is 1.67 bits per heavy atom. The Morgan fingerprint density at radius 1 is 1.00 bits per heavy atom. The molecule has 27 heavy (non-hydrogen) atoms. The predicted molar refractivity (Wildman–Crippen MR) is 96.8 cm³/mol. The van der Waals surface area contributed by atoms with Crippen molar-refractivity contribution in [3.05, 3.63) is 47.5 Å². The minimum atomic E-state index is -1.06. The van der Waals surface area contributed by atoms with E-state index in [1.54, 1.807) is 36.4 Å². The average molecular weight is 375 g/mol. The number of nitrogens with one attached hydrogen (secondary N) is 1. The normalized spacial score (nSPS) is 10.0. The molecule has 0 spiro atoms. The molecule has 0 atom stereocenters. The fourth-order valence-electron chi connectivity index (χ4n) is 2.39. The number of hydrogen-bond donors (Lipinski definition) is 2. The van der Waals surface area contributed by atoms with Gasteiger partial charge in [0.25, 0.3) is 5.91 Å². The molecule has 0 radical (unpaired) electrons. The maximum absolute atomic E-state index is 12.5. The molecule has 2 aromatic rings. The van der Waals surface area contributed by atoms with Crippen molar-refractivity contribution in [1.29, 1.82) is 0 Å². The van der Waals surface area contributed by atoms with Gasteiger partial charge in [-0.05, 0) is 29.8 Å². The standard InChI is InChI=1S/C19H21NO7/c1-24-15-8-13(9-16(25-2)18(15)26-3)19(23)20-10-12-5-4-6-14(7-12)27-11-17(21)22/h4-9H,10-11H2,1-3H3,(H,20,23)(H,21,22). The van der Waals surface area contributed by atoms with E-state index in [1.165, 1.54) is 21.3 Å². The molecule has 0 aliphatic carbocycles. The molecular formula is C19H21NO7. The maximum Gasteiger partial charge on any atom is 0.341 e. The lowest BCUT2D eigenvalue weighted by atomic mass is 10.1. The molecule has 0 saturated heterocycles. The van der Waals surface area contributed by atoms with E-state index in [4.69, 9.17) is 24.1 Å². The minimum Gasteiger partial charge on any atom is -0.493 e. The Labute approximate surface area is 156 Å². The molecule has 0 aromatic heterocycles. The maximum atomic E-state index is 12.5. The highest BCUT2D eigenvalue weighted by molar-refractivity contribution is 5.95. The molecule has 0 bridgehead atoms. The summed E-state index contributed by atoms with van der Waals surface area (Å²) in [4.78, 5) is 23.1. The first-order valence-electron chi connectivity index (χ1n) is 8.00. The number of aliphatic carboxylic acids is 1. The molecule has 8 heteroatoms. The fraction of sp³-hybridized carbons (Fsp3) is 0.263. The van der Waals surface area contributed by atoms with Crippen LogP contribution < -0.4 is 24.3 Å². The van der Waals surface area contributed by atoms with Crippen LogP contribution in [0.4, 0.5) is 0 Å². The minimum absolute atomic E-state index is 0.236. The van der Waals surface area contributed by atoms with E-state index < -0.39 is 12.6 Å². The van der Waals surface area contributed by atoms with Gasteiger partial charge < -0.3 is 29.4 Å². The number of carboxylic acids is 1. The number of methoxy groups -OCH3 is 3. The SMILES string of the molecule is COc1cc(C(=O)NCc2cccc(OCC(=O)O)c2)cc(OC)c1OC. The first-order chi connectivity index (χ1) is 13.0. The second-order valence-corrected chi connectivity index (χ2v) is 5.43. The largest absolute Gasteiger partial charge is 0.493 e. The highest BCUT2D eigenvalue weighted by Crippen LogP contribution is 2.38. The Hall–Kier alpha value is -3.42. The van der Waals surface area contributed by atoms with Crippen LogP contribution in [0.25, 0.3) is 0 Å². The molecule has 0 heterocycles. The van der Waals surface area contributed by atoms with Crippen molar-refractivity contribution < 1.29 is 33.6 Å². The third kappa shape index (κ3) is 5.27. The van der Waals surface area contributed by atoms with Gasteiger partial charge in [-0.2, -0.15) is 0 Å². The van der Waals surface area contributed by atoms with Crippen LogP contribution in [-0.4, -0.2) is 44.9 Å². The second-order valence-electron chi connectivity index (χ2n) is 5.43.